The van der Waals surface area contributed by atoms with Gasteiger partial charge in [0, 0.05) is 23.8 Å². The van der Waals surface area contributed by atoms with Crippen molar-refractivity contribution in [2.24, 2.45) is 44.8 Å². The van der Waals surface area contributed by atoms with Crippen molar-refractivity contribution in [2.75, 3.05) is 6.54 Å². The molecule has 5 rings (SSSR count). The number of aliphatic hydroxyl groups is 1. The second-order valence-electron chi connectivity index (χ2n) is 14.7. The van der Waals surface area contributed by atoms with Crippen molar-refractivity contribution >= 4 is 17.5 Å². The fourth-order valence-corrected chi connectivity index (χ4v) is 10.0. The lowest BCUT2D eigenvalue weighted by Gasteiger charge is -2.68. The molecule has 206 valence electrons. The Morgan fingerprint density at radius 2 is 1.74 bits per heavy atom. The Morgan fingerprint density at radius 1 is 1.08 bits per heavy atom. The van der Waals surface area contributed by atoms with E-state index < -0.39 is 28.1 Å². The molecular formula is C32H44N2O4. The number of carbonyl (C=O) groups excluding carboxylic acids is 3. The predicted molar refractivity (Wildman–Crippen MR) is 144 cm³/mol. The molecule has 0 heterocycles. The lowest BCUT2D eigenvalue weighted by atomic mass is 9.34. The summed E-state index contributed by atoms with van der Waals surface area (Å²) in [4.78, 5) is 41.1. The monoisotopic (exact) mass is 520 g/mol. The largest absolute Gasteiger partial charge is 0.382 e. The number of hydrogen-bond donors (Lipinski definition) is 2. The van der Waals surface area contributed by atoms with Crippen LogP contribution in [0.5, 0.6) is 0 Å². The van der Waals surface area contributed by atoms with E-state index in [1.807, 2.05) is 26.0 Å². The predicted octanol–water partition coefficient (Wildman–Crippen LogP) is 5.07. The van der Waals surface area contributed by atoms with Gasteiger partial charge in [-0.25, -0.2) is 0 Å². The molecule has 2 N–H and O–H groups in total. The average molecular weight is 521 g/mol. The molecular weight excluding hydrogens is 476 g/mol. The first-order valence-electron chi connectivity index (χ1n) is 14.5. The van der Waals surface area contributed by atoms with Gasteiger partial charge in [0.2, 0.25) is 11.7 Å². The van der Waals surface area contributed by atoms with Crippen molar-refractivity contribution in [3.63, 3.8) is 0 Å². The summed E-state index contributed by atoms with van der Waals surface area (Å²) in [5.74, 6) is -1.05. The summed E-state index contributed by atoms with van der Waals surface area (Å²) in [7, 11) is 0. The quantitative estimate of drug-likeness (QED) is 0.529. The first kappa shape index (κ1) is 27.3. The molecule has 3 fully saturated rings. The minimum absolute atomic E-state index is 0.0217. The third-order valence-corrected chi connectivity index (χ3v) is 12.3. The highest BCUT2D eigenvalue weighted by atomic mass is 16.3. The third-order valence-electron chi connectivity index (χ3n) is 12.3. The highest BCUT2D eigenvalue weighted by Crippen LogP contribution is 2.74. The van der Waals surface area contributed by atoms with Gasteiger partial charge in [0.25, 0.3) is 0 Å². The van der Waals surface area contributed by atoms with Gasteiger partial charge in [-0.2, -0.15) is 5.26 Å². The molecule has 0 aromatic heterocycles. The standard InChI is InChI=1S/C32H44N2O4/c1-8-34-26(37)32-13-11-27(2,3)17-20(32)24-21(35)15-23-28(4)16-19(18-33)25(36)31(7,38)22(28)9-10-29(23,5)30(24,6)12-14-32/h15-16,20,22,24,38H,8-14,17H2,1-7H3,(H,34,37)/t20?,22-,24?,28+,29-,30-,31+,32+/m1/s1. The van der Waals surface area contributed by atoms with Crippen LogP contribution in [0.3, 0.4) is 0 Å². The zero-order valence-electron chi connectivity index (χ0n) is 24.2. The highest BCUT2D eigenvalue weighted by molar-refractivity contribution is 6.06. The van der Waals surface area contributed by atoms with Crippen molar-refractivity contribution in [3.8, 4) is 6.07 Å². The van der Waals surface area contributed by atoms with Gasteiger partial charge in [0.1, 0.15) is 11.7 Å². The molecule has 0 spiro atoms. The highest BCUT2D eigenvalue weighted by Gasteiger charge is 2.71. The first-order valence-corrected chi connectivity index (χ1v) is 14.5. The number of allylic oxidation sites excluding steroid dienone is 3. The van der Waals surface area contributed by atoms with Gasteiger partial charge in [-0.15, -0.1) is 0 Å². The van der Waals surface area contributed by atoms with Gasteiger partial charge in [0.05, 0.1) is 11.0 Å². The van der Waals surface area contributed by atoms with E-state index in [9.17, 15) is 24.8 Å². The Labute approximate surface area is 227 Å². The van der Waals surface area contributed by atoms with E-state index >= 15 is 0 Å². The maximum atomic E-state index is 14.4. The summed E-state index contributed by atoms with van der Waals surface area (Å²) < 4.78 is 0. The van der Waals surface area contributed by atoms with Gasteiger partial charge in [-0.1, -0.05) is 46.3 Å². The van der Waals surface area contributed by atoms with Crippen molar-refractivity contribution in [2.45, 2.75) is 99.0 Å². The summed E-state index contributed by atoms with van der Waals surface area (Å²) in [6, 6.07) is 2.02. The number of Topliss-reactive ketones (excluding diaryl/α,β-unsaturated/α-hetero) is 1. The minimum Gasteiger partial charge on any atom is -0.382 e. The van der Waals surface area contributed by atoms with Crippen molar-refractivity contribution in [1.29, 1.82) is 5.26 Å². The molecule has 1 amide bonds. The fourth-order valence-electron chi connectivity index (χ4n) is 10.0. The Hall–Kier alpha value is -2.26. The smallest absolute Gasteiger partial charge is 0.226 e. The Bertz CT molecular complexity index is 1220. The maximum Gasteiger partial charge on any atom is 0.226 e. The van der Waals surface area contributed by atoms with E-state index in [0.717, 1.165) is 44.1 Å². The summed E-state index contributed by atoms with van der Waals surface area (Å²) >= 11 is 0. The van der Waals surface area contributed by atoms with E-state index in [4.69, 9.17) is 0 Å². The second kappa shape index (κ2) is 8.13. The molecule has 0 aliphatic heterocycles. The summed E-state index contributed by atoms with van der Waals surface area (Å²) in [6.07, 6.45) is 9.10. The van der Waals surface area contributed by atoms with Crippen LogP contribution in [0.1, 0.15) is 93.4 Å². The van der Waals surface area contributed by atoms with Crippen molar-refractivity contribution < 1.29 is 19.5 Å². The topological polar surface area (TPSA) is 107 Å². The molecule has 38 heavy (non-hydrogen) atoms. The summed E-state index contributed by atoms with van der Waals surface area (Å²) in [5.41, 5.74) is -2.71. The van der Waals surface area contributed by atoms with Crippen LogP contribution >= 0.6 is 0 Å². The lowest BCUT2D eigenvalue weighted by molar-refractivity contribution is -0.180. The van der Waals surface area contributed by atoms with Gasteiger partial charge in [-0.05, 0) is 87.0 Å². The number of ketones is 2. The molecule has 0 aromatic carbocycles. The van der Waals surface area contributed by atoms with Crippen LogP contribution in [0.15, 0.2) is 23.3 Å². The SMILES string of the molecule is CCNC(=O)[C@]12CCC(C)(C)CC1C1C(=O)C=C3[C@@]4(C)C=C(C#N)C(=O)[C@@](C)(O)[C@@H]4CC[C@@]3(C)[C@]1(C)CC2. The fraction of sp³-hybridized carbons (Fsp3) is 0.750. The number of nitrogens with zero attached hydrogens (tertiary/aromatic N) is 1. The molecule has 0 bridgehead atoms. The van der Waals surface area contributed by atoms with Crippen LogP contribution in [0.4, 0.5) is 0 Å². The molecule has 0 aromatic rings. The van der Waals surface area contributed by atoms with Crippen molar-refractivity contribution in [1.82, 2.24) is 5.32 Å². The van der Waals surface area contributed by atoms with Crippen LogP contribution in [0.25, 0.3) is 0 Å². The number of carbonyl (C=O) groups is 3. The lowest BCUT2D eigenvalue weighted by Crippen LogP contribution is -2.67. The first-order chi connectivity index (χ1) is 17.5. The van der Waals surface area contributed by atoms with Gasteiger partial charge < -0.3 is 10.4 Å². The zero-order valence-corrected chi connectivity index (χ0v) is 24.2. The summed E-state index contributed by atoms with van der Waals surface area (Å²) in [5, 5.41) is 24.3. The van der Waals surface area contributed by atoms with E-state index in [-0.39, 0.29) is 45.3 Å². The number of fused-ring (bicyclic) bond motifs is 7. The van der Waals surface area contributed by atoms with Crippen LogP contribution in [-0.4, -0.2) is 34.7 Å². The number of rotatable bonds is 2. The number of hydrogen-bond acceptors (Lipinski definition) is 5. The van der Waals surface area contributed by atoms with E-state index in [1.54, 1.807) is 6.08 Å². The molecule has 8 atom stereocenters. The van der Waals surface area contributed by atoms with Gasteiger partial charge in [-0.3, -0.25) is 14.4 Å². The van der Waals surface area contributed by atoms with E-state index in [2.05, 4.69) is 33.0 Å². The van der Waals surface area contributed by atoms with E-state index in [1.165, 1.54) is 6.92 Å². The third kappa shape index (κ3) is 3.23. The average Bonchev–Trinajstić information content (AvgIpc) is 2.82. The molecule has 2 unspecified atom stereocenters. The number of nitriles is 1. The molecule has 0 saturated heterocycles. The maximum absolute atomic E-state index is 14.4. The van der Waals surface area contributed by atoms with E-state index in [0.29, 0.717) is 13.0 Å². The van der Waals surface area contributed by atoms with Crippen LogP contribution in [-0.2, 0) is 14.4 Å². The Kier molecular flexibility index (Phi) is 5.84. The van der Waals surface area contributed by atoms with Gasteiger partial charge >= 0.3 is 0 Å². The van der Waals surface area contributed by atoms with Crippen LogP contribution in [0.2, 0.25) is 0 Å². The Balaban J connectivity index is 1.69. The molecule has 6 nitrogen and oxygen atoms in total. The zero-order chi connectivity index (χ0) is 28.1. The van der Waals surface area contributed by atoms with Crippen molar-refractivity contribution in [3.05, 3.63) is 23.3 Å². The summed E-state index contributed by atoms with van der Waals surface area (Å²) in [6.45, 7) is 15.1. The number of nitrogens with one attached hydrogen (secondary N) is 1. The normalized spacial score (nSPS) is 47.3. The van der Waals surface area contributed by atoms with Crippen LogP contribution < -0.4 is 5.32 Å². The minimum atomic E-state index is -1.66. The Morgan fingerprint density at radius 3 is 2.37 bits per heavy atom. The molecule has 5 aliphatic carbocycles. The molecule has 0 radical (unpaired) electrons. The molecule has 3 saturated carbocycles. The van der Waals surface area contributed by atoms with Gasteiger partial charge in [0.15, 0.2) is 5.78 Å². The molecule has 6 heteroatoms. The number of amides is 1. The van der Waals surface area contributed by atoms with Crippen LogP contribution in [0, 0.1) is 56.2 Å². The second-order valence-corrected chi connectivity index (χ2v) is 14.7. The molecule has 5 aliphatic rings.